The molecule has 0 saturated heterocycles. The molecule has 1 rings (SSSR count). The van der Waals surface area contributed by atoms with Gasteiger partial charge < -0.3 is 13.6 Å². The van der Waals surface area contributed by atoms with Crippen molar-refractivity contribution >= 4 is 19.7 Å². The lowest BCUT2D eigenvalue weighted by Gasteiger charge is -2.31. The van der Waals surface area contributed by atoms with Crippen LogP contribution in [0.4, 0.5) is 0 Å². The van der Waals surface area contributed by atoms with E-state index in [0.29, 0.717) is 31.8 Å². The SMILES string of the molecule is C=C(C)C(=O)OCCC[Si](OCCC)(OCCC)c1ccccc1. The van der Waals surface area contributed by atoms with Crippen molar-refractivity contribution in [2.45, 2.75) is 46.1 Å². The van der Waals surface area contributed by atoms with Crippen molar-refractivity contribution in [1.29, 1.82) is 0 Å². The summed E-state index contributed by atoms with van der Waals surface area (Å²) in [5, 5.41) is 1.14. The van der Waals surface area contributed by atoms with Crippen molar-refractivity contribution in [2.24, 2.45) is 0 Å². The van der Waals surface area contributed by atoms with Gasteiger partial charge in [0.05, 0.1) is 6.61 Å². The summed E-state index contributed by atoms with van der Waals surface area (Å²) in [5.74, 6) is -0.342. The molecule has 1 aromatic rings. The molecule has 5 heteroatoms. The van der Waals surface area contributed by atoms with Crippen molar-refractivity contribution in [2.75, 3.05) is 19.8 Å². The quantitative estimate of drug-likeness (QED) is 0.250. The number of benzene rings is 1. The van der Waals surface area contributed by atoms with E-state index in [2.05, 4.69) is 32.6 Å². The van der Waals surface area contributed by atoms with Gasteiger partial charge in [-0.1, -0.05) is 50.8 Å². The molecule has 134 valence electrons. The first-order valence-electron chi connectivity index (χ1n) is 8.71. The van der Waals surface area contributed by atoms with Crippen molar-refractivity contribution in [3.63, 3.8) is 0 Å². The number of carbonyl (C=O) groups is 1. The highest BCUT2D eigenvalue weighted by Crippen LogP contribution is 2.18. The maximum absolute atomic E-state index is 11.5. The molecule has 4 nitrogen and oxygen atoms in total. The fourth-order valence-electron chi connectivity index (χ4n) is 2.32. The molecule has 0 aromatic heterocycles. The Balaban J connectivity index is 2.81. The summed E-state index contributed by atoms with van der Waals surface area (Å²) in [6, 6.07) is 11.0. The van der Waals surface area contributed by atoms with Crippen molar-refractivity contribution in [3.05, 3.63) is 42.5 Å². The average molecular weight is 351 g/mol. The number of ether oxygens (including phenoxy) is 1. The van der Waals surface area contributed by atoms with Gasteiger partial charge in [0, 0.05) is 18.8 Å². The summed E-state index contributed by atoms with van der Waals surface area (Å²) >= 11 is 0. The van der Waals surface area contributed by atoms with Crippen LogP contribution in [0.3, 0.4) is 0 Å². The lowest BCUT2D eigenvalue weighted by atomic mass is 10.4. The Morgan fingerprint density at radius 2 is 1.62 bits per heavy atom. The minimum atomic E-state index is -2.53. The van der Waals surface area contributed by atoms with E-state index in [4.69, 9.17) is 13.6 Å². The average Bonchev–Trinajstić information content (AvgIpc) is 2.61. The molecule has 0 fully saturated rings. The molecule has 1 aromatic carbocycles. The van der Waals surface area contributed by atoms with E-state index in [-0.39, 0.29) is 5.97 Å². The molecule has 0 amide bonds. The van der Waals surface area contributed by atoms with Gasteiger partial charge in [-0.15, -0.1) is 0 Å². The number of esters is 1. The molecule has 0 saturated carbocycles. The molecule has 0 aliphatic heterocycles. The van der Waals surface area contributed by atoms with E-state index >= 15 is 0 Å². The van der Waals surface area contributed by atoms with Gasteiger partial charge in [0.1, 0.15) is 0 Å². The Kier molecular flexibility index (Phi) is 9.60. The summed E-state index contributed by atoms with van der Waals surface area (Å²) < 4.78 is 17.8. The van der Waals surface area contributed by atoms with Crippen molar-refractivity contribution in [1.82, 2.24) is 0 Å². The third-order valence-electron chi connectivity index (χ3n) is 3.52. The molecule has 0 atom stereocenters. The van der Waals surface area contributed by atoms with Gasteiger partial charge in [-0.3, -0.25) is 0 Å². The zero-order valence-corrected chi connectivity index (χ0v) is 16.2. The summed E-state index contributed by atoms with van der Waals surface area (Å²) in [5.41, 5.74) is 0.422. The van der Waals surface area contributed by atoms with Gasteiger partial charge in [0.25, 0.3) is 0 Å². The standard InChI is InChI=1S/C19H30O4Si/c1-5-13-22-24(23-14-6-2,18-11-8-7-9-12-18)16-10-15-21-19(20)17(3)4/h7-9,11-12H,3,5-6,10,13-16H2,1-2,4H3. The lowest BCUT2D eigenvalue weighted by Crippen LogP contribution is -2.54. The fourth-order valence-corrected chi connectivity index (χ4v) is 5.69. The minimum Gasteiger partial charge on any atom is -0.462 e. The van der Waals surface area contributed by atoms with Crippen LogP contribution in [-0.4, -0.2) is 34.4 Å². The van der Waals surface area contributed by atoms with E-state index in [9.17, 15) is 4.79 Å². The van der Waals surface area contributed by atoms with Crippen molar-refractivity contribution in [3.8, 4) is 0 Å². The third-order valence-corrected chi connectivity index (χ3v) is 7.09. The Labute approximate surface area is 147 Å². The Bertz CT molecular complexity index is 493. The van der Waals surface area contributed by atoms with Crippen LogP contribution in [0.15, 0.2) is 42.5 Å². The maximum Gasteiger partial charge on any atom is 0.372 e. The van der Waals surface area contributed by atoms with Gasteiger partial charge in [-0.2, -0.15) is 0 Å². The van der Waals surface area contributed by atoms with Crippen LogP contribution in [0.5, 0.6) is 0 Å². The van der Waals surface area contributed by atoms with E-state index < -0.39 is 8.56 Å². The molecule has 0 aliphatic carbocycles. The highest BCUT2D eigenvalue weighted by atomic mass is 28.4. The van der Waals surface area contributed by atoms with E-state index in [1.54, 1.807) is 6.92 Å². The zero-order valence-electron chi connectivity index (χ0n) is 15.2. The third kappa shape index (κ3) is 6.59. The highest BCUT2D eigenvalue weighted by molar-refractivity contribution is 6.81. The maximum atomic E-state index is 11.5. The number of hydrogen-bond acceptors (Lipinski definition) is 4. The zero-order chi connectivity index (χ0) is 17.8. The molecule has 0 N–H and O–H groups in total. The number of rotatable bonds is 12. The molecule has 0 bridgehead atoms. The second kappa shape index (κ2) is 11.2. The van der Waals surface area contributed by atoms with Gasteiger partial charge in [0.2, 0.25) is 0 Å². The molecular weight excluding hydrogens is 320 g/mol. The monoisotopic (exact) mass is 350 g/mol. The van der Waals surface area contributed by atoms with E-state index in [1.165, 1.54) is 0 Å². The topological polar surface area (TPSA) is 44.8 Å². The Morgan fingerprint density at radius 3 is 2.12 bits per heavy atom. The van der Waals surface area contributed by atoms with Crippen LogP contribution < -0.4 is 5.19 Å². The first-order valence-corrected chi connectivity index (χ1v) is 10.7. The summed E-state index contributed by atoms with van der Waals surface area (Å²) in [7, 11) is -2.53. The fraction of sp³-hybridized carbons (Fsp3) is 0.526. The first kappa shape index (κ1) is 20.6. The molecule has 0 aliphatic rings. The van der Waals surface area contributed by atoms with Gasteiger partial charge in [0.15, 0.2) is 0 Å². The summed E-state index contributed by atoms with van der Waals surface area (Å²) in [6.45, 7) is 11.2. The Hall–Kier alpha value is -1.43. The minimum absolute atomic E-state index is 0.342. The molecule has 0 unspecified atom stereocenters. The van der Waals surface area contributed by atoms with Crippen LogP contribution in [0, 0.1) is 0 Å². The predicted molar refractivity (Wildman–Crippen MR) is 99.5 cm³/mol. The smallest absolute Gasteiger partial charge is 0.372 e. The molecule has 0 radical (unpaired) electrons. The lowest BCUT2D eigenvalue weighted by molar-refractivity contribution is -0.138. The largest absolute Gasteiger partial charge is 0.462 e. The number of hydrogen-bond donors (Lipinski definition) is 0. The first-order chi connectivity index (χ1) is 11.6. The van der Waals surface area contributed by atoms with Crippen LogP contribution in [0.1, 0.15) is 40.0 Å². The van der Waals surface area contributed by atoms with Crippen LogP contribution in [0.25, 0.3) is 0 Å². The molecule has 24 heavy (non-hydrogen) atoms. The van der Waals surface area contributed by atoms with E-state index in [0.717, 1.165) is 24.1 Å². The predicted octanol–water partition coefficient (Wildman–Crippen LogP) is 3.70. The van der Waals surface area contributed by atoms with Crippen LogP contribution >= 0.6 is 0 Å². The van der Waals surface area contributed by atoms with Crippen LogP contribution in [-0.2, 0) is 18.4 Å². The van der Waals surface area contributed by atoms with Crippen LogP contribution in [0.2, 0.25) is 6.04 Å². The molecule has 0 heterocycles. The second-order valence-electron chi connectivity index (χ2n) is 5.84. The second-order valence-corrected chi connectivity index (χ2v) is 9.00. The van der Waals surface area contributed by atoms with E-state index in [1.807, 2.05) is 18.2 Å². The van der Waals surface area contributed by atoms with Gasteiger partial charge >= 0.3 is 14.5 Å². The summed E-state index contributed by atoms with van der Waals surface area (Å²) in [6.07, 6.45) is 2.61. The number of carbonyl (C=O) groups excluding carboxylic acids is 1. The normalized spacial score (nSPS) is 11.3. The molecule has 0 spiro atoms. The molecular formula is C19H30O4Si. The summed E-state index contributed by atoms with van der Waals surface area (Å²) in [4.78, 5) is 11.5. The Morgan fingerprint density at radius 1 is 1.04 bits per heavy atom. The van der Waals surface area contributed by atoms with Crippen molar-refractivity contribution < 1.29 is 18.4 Å². The van der Waals surface area contributed by atoms with Gasteiger partial charge in [-0.05, 0) is 37.4 Å². The van der Waals surface area contributed by atoms with Gasteiger partial charge in [-0.25, -0.2) is 4.79 Å². The highest BCUT2D eigenvalue weighted by Gasteiger charge is 2.39.